The van der Waals surface area contributed by atoms with Crippen LogP contribution < -0.4 is 14.8 Å². The maximum Gasteiger partial charge on any atom is 0.161 e. The normalized spacial score (nSPS) is 17.9. The first-order chi connectivity index (χ1) is 10.9. The third kappa shape index (κ3) is 4.25. The van der Waals surface area contributed by atoms with Gasteiger partial charge in [0, 0.05) is 6.04 Å². The van der Waals surface area contributed by atoms with E-state index in [1.54, 1.807) is 0 Å². The molecule has 1 fully saturated rings. The molecule has 116 valence electrons. The Hall–Kier alpha value is -2.00. The zero-order chi connectivity index (χ0) is 15.0. The van der Waals surface area contributed by atoms with Gasteiger partial charge in [0.05, 0.1) is 0 Å². The minimum atomic E-state index is 0.455. The van der Waals surface area contributed by atoms with Gasteiger partial charge in [-0.2, -0.15) is 0 Å². The highest BCUT2D eigenvalue weighted by Crippen LogP contribution is 2.27. The van der Waals surface area contributed by atoms with Crippen molar-refractivity contribution in [2.75, 3.05) is 13.2 Å². The van der Waals surface area contributed by atoms with Crippen molar-refractivity contribution in [3.63, 3.8) is 0 Å². The van der Waals surface area contributed by atoms with Crippen LogP contribution in [0.25, 0.3) is 0 Å². The summed E-state index contributed by atoms with van der Waals surface area (Å²) in [6.07, 6.45) is 3.74. The highest BCUT2D eigenvalue weighted by Gasteiger charge is 2.14. The zero-order valence-corrected chi connectivity index (χ0v) is 12.8. The summed E-state index contributed by atoms with van der Waals surface area (Å²) < 4.78 is 11.9. The van der Waals surface area contributed by atoms with Crippen LogP contribution in [0.1, 0.15) is 24.8 Å². The average molecular weight is 297 g/mol. The minimum Gasteiger partial charge on any atom is -0.488 e. The maximum absolute atomic E-state index is 5.98. The molecule has 2 aromatic rings. The van der Waals surface area contributed by atoms with Crippen molar-refractivity contribution in [2.24, 2.45) is 0 Å². The molecule has 0 aromatic heterocycles. The van der Waals surface area contributed by atoms with Crippen LogP contribution in [-0.2, 0) is 6.61 Å². The first-order valence-corrected chi connectivity index (χ1v) is 8.04. The number of nitrogens with one attached hydrogen (secondary N) is 1. The molecule has 3 nitrogen and oxygen atoms in total. The second-order valence-electron chi connectivity index (χ2n) is 5.68. The van der Waals surface area contributed by atoms with Gasteiger partial charge < -0.3 is 14.8 Å². The number of hydrogen-bond donors (Lipinski definition) is 1. The SMILES string of the molecule is c1ccc(COc2ccccc2OCC2CCCCN2)cc1. The molecular weight excluding hydrogens is 274 g/mol. The first kappa shape index (κ1) is 14.9. The Morgan fingerprint density at radius 1 is 0.864 bits per heavy atom. The van der Waals surface area contributed by atoms with Gasteiger partial charge in [-0.1, -0.05) is 48.9 Å². The predicted octanol–water partition coefficient (Wildman–Crippen LogP) is 3.79. The van der Waals surface area contributed by atoms with E-state index in [-0.39, 0.29) is 0 Å². The molecule has 1 aliphatic rings. The van der Waals surface area contributed by atoms with Crippen molar-refractivity contribution < 1.29 is 9.47 Å². The van der Waals surface area contributed by atoms with Gasteiger partial charge in [0.25, 0.3) is 0 Å². The molecular formula is C19H23NO2. The number of hydrogen-bond acceptors (Lipinski definition) is 3. The number of rotatable bonds is 6. The van der Waals surface area contributed by atoms with E-state index >= 15 is 0 Å². The summed E-state index contributed by atoms with van der Waals surface area (Å²) in [6.45, 7) is 2.36. The molecule has 0 amide bonds. The third-order valence-electron chi connectivity index (χ3n) is 3.94. The molecule has 1 saturated heterocycles. The van der Waals surface area contributed by atoms with E-state index in [4.69, 9.17) is 9.47 Å². The second-order valence-corrected chi connectivity index (χ2v) is 5.68. The molecule has 0 bridgehead atoms. The predicted molar refractivity (Wildman–Crippen MR) is 88.4 cm³/mol. The van der Waals surface area contributed by atoms with E-state index in [1.165, 1.54) is 19.3 Å². The molecule has 0 aliphatic carbocycles. The second kappa shape index (κ2) is 7.85. The number of piperidine rings is 1. The minimum absolute atomic E-state index is 0.455. The quantitative estimate of drug-likeness (QED) is 0.880. The van der Waals surface area contributed by atoms with Gasteiger partial charge in [0.1, 0.15) is 13.2 Å². The number of benzene rings is 2. The largest absolute Gasteiger partial charge is 0.488 e. The Morgan fingerprint density at radius 3 is 2.32 bits per heavy atom. The van der Waals surface area contributed by atoms with Crippen molar-refractivity contribution in [1.82, 2.24) is 5.32 Å². The van der Waals surface area contributed by atoms with E-state index in [0.29, 0.717) is 19.3 Å². The summed E-state index contributed by atoms with van der Waals surface area (Å²) in [5.74, 6) is 1.63. The molecule has 3 rings (SSSR count). The molecule has 3 heteroatoms. The maximum atomic E-state index is 5.98. The van der Waals surface area contributed by atoms with Gasteiger partial charge >= 0.3 is 0 Å². The van der Waals surface area contributed by atoms with Gasteiger partial charge in [0.15, 0.2) is 11.5 Å². The monoisotopic (exact) mass is 297 g/mol. The Balaban J connectivity index is 1.57. The van der Waals surface area contributed by atoms with E-state index < -0.39 is 0 Å². The van der Waals surface area contributed by atoms with Crippen LogP contribution in [-0.4, -0.2) is 19.2 Å². The summed E-state index contributed by atoms with van der Waals surface area (Å²) >= 11 is 0. The van der Waals surface area contributed by atoms with E-state index in [2.05, 4.69) is 17.4 Å². The van der Waals surface area contributed by atoms with Gasteiger partial charge in [-0.3, -0.25) is 0 Å². The van der Waals surface area contributed by atoms with Crippen LogP contribution in [0.2, 0.25) is 0 Å². The molecule has 1 heterocycles. The fraction of sp³-hybridized carbons (Fsp3) is 0.368. The van der Waals surface area contributed by atoms with Crippen molar-refractivity contribution in [3.05, 3.63) is 60.2 Å². The number of ether oxygens (including phenoxy) is 2. The zero-order valence-electron chi connectivity index (χ0n) is 12.8. The lowest BCUT2D eigenvalue weighted by Gasteiger charge is -2.24. The molecule has 22 heavy (non-hydrogen) atoms. The van der Waals surface area contributed by atoms with Crippen molar-refractivity contribution in [1.29, 1.82) is 0 Å². The fourth-order valence-electron chi connectivity index (χ4n) is 2.68. The number of para-hydroxylation sites is 2. The lowest BCUT2D eigenvalue weighted by molar-refractivity contribution is 0.221. The van der Waals surface area contributed by atoms with Gasteiger partial charge in [-0.05, 0) is 37.1 Å². The summed E-state index contributed by atoms with van der Waals surface area (Å²) in [5, 5.41) is 3.50. The topological polar surface area (TPSA) is 30.5 Å². The summed E-state index contributed by atoms with van der Waals surface area (Å²) in [5.41, 5.74) is 1.16. The molecule has 0 saturated carbocycles. The molecule has 1 atom stereocenters. The van der Waals surface area contributed by atoms with Crippen LogP contribution >= 0.6 is 0 Å². The lowest BCUT2D eigenvalue weighted by Crippen LogP contribution is -2.38. The van der Waals surface area contributed by atoms with Gasteiger partial charge in [0.2, 0.25) is 0 Å². The Bertz CT molecular complexity index is 565. The van der Waals surface area contributed by atoms with E-state index in [9.17, 15) is 0 Å². The van der Waals surface area contributed by atoms with Crippen LogP contribution in [0.15, 0.2) is 54.6 Å². The summed E-state index contributed by atoms with van der Waals surface area (Å²) in [7, 11) is 0. The lowest BCUT2D eigenvalue weighted by atomic mass is 10.1. The Morgan fingerprint density at radius 2 is 1.59 bits per heavy atom. The van der Waals surface area contributed by atoms with Gasteiger partial charge in [-0.25, -0.2) is 0 Å². The van der Waals surface area contributed by atoms with Crippen LogP contribution in [0.4, 0.5) is 0 Å². The van der Waals surface area contributed by atoms with Crippen molar-refractivity contribution in [3.8, 4) is 11.5 Å². The summed E-state index contributed by atoms with van der Waals surface area (Å²) in [6, 6.07) is 18.5. The summed E-state index contributed by atoms with van der Waals surface area (Å²) in [4.78, 5) is 0. The van der Waals surface area contributed by atoms with E-state index in [1.807, 2.05) is 42.5 Å². The van der Waals surface area contributed by atoms with Crippen molar-refractivity contribution in [2.45, 2.75) is 31.9 Å². The Labute approximate surface area is 132 Å². The molecule has 2 aromatic carbocycles. The highest BCUT2D eigenvalue weighted by molar-refractivity contribution is 5.39. The molecule has 1 N–H and O–H groups in total. The fourth-order valence-corrected chi connectivity index (χ4v) is 2.68. The molecule has 1 aliphatic heterocycles. The van der Waals surface area contributed by atoms with E-state index in [0.717, 1.165) is 23.6 Å². The molecule has 1 unspecified atom stereocenters. The van der Waals surface area contributed by atoms with Crippen LogP contribution in [0, 0.1) is 0 Å². The molecule has 0 radical (unpaired) electrons. The standard InChI is InChI=1S/C19H23NO2/c1-2-8-16(9-3-1)14-21-18-11-4-5-12-19(18)22-15-17-10-6-7-13-20-17/h1-5,8-9,11-12,17,20H,6-7,10,13-15H2. The Kier molecular flexibility index (Phi) is 5.32. The third-order valence-corrected chi connectivity index (χ3v) is 3.94. The van der Waals surface area contributed by atoms with Crippen LogP contribution in [0.5, 0.6) is 11.5 Å². The van der Waals surface area contributed by atoms with Crippen molar-refractivity contribution >= 4 is 0 Å². The van der Waals surface area contributed by atoms with Crippen LogP contribution in [0.3, 0.4) is 0 Å². The first-order valence-electron chi connectivity index (χ1n) is 8.04. The highest BCUT2D eigenvalue weighted by atomic mass is 16.5. The van der Waals surface area contributed by atoms with Gasteiger partial charge in [-0.15, -0.1) is 0 Å². The smallest absolute Gasteiger partial charge is 0.161 e. The molecule has 0 spiro atoms. The average Bonchev–Trinajstić information content (AvgIpc) is 2.61.